The van der Waals surface area contributed by atoms with E-state index in [1.807, 2.05) is 0 Å². The second-order valence-corrected chi connectivity index (χ2v) is 3.84. The van der Waals surface area contributed by atoms with Gasteiger partial charge in [0, 0.05) is 17.1 Å². The molecule has 0 bridgehead atoms. The Balaban J connectivity index is 3.13. The average Bonchev–Trinajstić information content (AvgIpc) is 2.15. The predicted octanol–water partition coefficient (Wildman–Crippen LogP) is 1.11. The molecule has 76 valence electrons. The summed E-state index contributed by atoms with van der Waals surface area (Å²) in [5.41, 5.74) is 12.0. The molecule has 0 saturated heterocycles. The van der Waals surface area contributed by atoms with Crippen LogP contribution in [0.25, 0.3) is 0 Å². The number of carbonyl (C=O) groups is 1. The van der Waals surface area contributed by atoms with E-state index in [1.54, 1.807) is 6.07 Å². The summed E-state index contributed by atoms with van der Waals surface area (Å²) >= 11 is 3.22. The van der Waals surface area contributed by atoms with Crippen LogP contribution >= 0.6 is 15.9 Å². The predicted molar refractivity (Wildman–Crippen MR) is 57.1 cm³/mol. The molecule has 1 aromatic carbocycles. The molecule has 0 amide bonds. The third-order valence-electron chi connectivity index (χ3n) is 1.85. The lowest BCUT2D eigenvalue weighted by molar-refractivity contribution is 0.0696. The zero-order valence-corrected chi connectivity index (χ0v) is 8.99. The van der Waals surface area contributed by atoms with Crippen LogP contribution in [0.1, 0.15) is 22.0 Å². The highest BCUT2D eigenvalue weighted by atomic mass is 79.9. The number of carboxylic acids is 1. The van der Waals surface area contributed by atoms with Crippen molar-refractivity contribution >= 4 is 21.9 Å². The van der Waals surface area contributed by atoms with Crippen molar-refractivity contribution in [3.8, 4) is 0 Å². The molecule has 1 unspecified atom stereocenters. The molecule has 0 aromatic heterocycles. The average molecular weight is 259 g/mol. The fraction of sp³-hybridized carbons (Fsp3) is 0.222. The van der Waals surface area contributed by atoms with Gasteiger partial charge in [0.1, 0.15) is 0 Å². The summed E-state index contributed by atoms with van der Waals surface area (Å²) in [6.07, 6.45) is 0. The molecule has 0 aliphatic rings. The molecule has 0 heterocycles. The maximum absolute atomic E-state index is 10.7. The van der Waals surface area contributed by atoms with E-state index in [1.165, 1.54) is 12.1 Å². The lowest BCUT2D eigenvalue weighted by Gasteiger charge is -2.10. The van der Waals surface area contributed by atoms with E-state index in [-0.39, 0.29) is 18.2 Å². The van der Waals surface area contributed by atoms with Crippen LogP contribution in [0.4, 0.5) is 0 Å². The van der Waals surface area contributed by atoms with Crippen LogP contribution in [0.3, 0.4) is 0 Å². The minimum Gasteiger partial charge on any atom is -0.478 e. The lowest BCUT2D eigenvalue weighted by Crippen LogP contribution is -2.21. The van der Waals surface area contributed by atoms with E-state index in [4.69, 9.17) is 16.6 Å². The number of rotatable bonds is 3. The maximum Gasteiger partial charge on any atom is 0.335 e. The summed E-state index contributed by atoms with van der Waals surface area (Å²) in [6.45, 7) is 0.287. The molecule has 0 radical (unpaired) electrons. The Morgan fingerprint density at radius 1 is 1.50 bits per heavy atom. The fourth-order valence-corrected chi connectivity index (χ4v) is 1.60. The van der Waals surface area contributed by atoms with Crippen molar-refractivity contribution in [3.05, 3.63) is 33.8 Å². The molecular formula is C9H11BrN2O2. The summed E-state index contributed by atoms with van der Waals surface area (Å²) in [5, 5.41) is 8.80. The molecule has 0 aliphatic heterocycles. The molecule has 1 rings (SSSR count). The molecule has 0 aliphatic carbocycles. The number of nitrogens with two attached hydrogens (primary N) is 2. The van der Waals surface area contributed by atoms with Gasteiger partial charge in [0.05, 0.1) is 5.56 Å². The quantitative estimate of drug-likeness (QED) is 0.758. The summed E-state index contributed by atoms with van der Waals surface area (Å²) in [5.74, 6) is -0.975. The molecule has 1 atom stereocenters. The maximum atomic E-state index is 10.7. The minimum absolute atomic E-state index is 0.207. The van der Waals surface area contributed by atoms with Crippen molar-refractivity contribution in [1.82, 2.24) is 0 Å². The smallest absolute Gasteiger partial charge is 0.335 e. The first kappa shape index (κ1) is 11.2. The summed E-state index contributed by atoms with van der Waals surface area (Å²) in [6, 6.07) is 4.49. The first-order chi connectivity index (χ1) is 6.54. The molecule has 0 fully saturated rings. The first-order valence-electron chi connectivity index (χ1n) is 4.04. The van der Waals surface area contributed by atoms with Gasteiger partial charge in [0.25, 0.3) is 0 Å². The van der Waals surface area contributed by atoms with Crippen LogP contribution in [-0.4, -0.2) is 17.6 Å². The first-order valence-corrected chi connectivity index (χ1v) is 4.83. The van der Waals surface area contributed by atoms with Crippen LogP contribution < -0.4 is 11.5 Å². The van der Waals surface area contributed by atoms with Gasteiger partial charge in [-0.3, -0.25) is 0 Å². The highest BCUT2D eigenvalue weighted by Crippen LogP contribution is 2.19. The van der Waals surface area contributed by atoms with Gasteiger partial charge in [-0.25, -0.2) is 4.79 Å². The summed E-state index contributed by atoms with van der Waals surface area (Å²) in [4.78, 5) is 10.7. The van der Waals surface area contributed by atoms with Crippen molar-refractivity contribution in [2.24, 2.45) is 11.5 Å². The molecule has 14 heavy (non-hydrogen) atoms. The highest BCUT2D eigenvalue weighted by Gasteiger charge is 2.09. The van der Waals surface area contributed by atoms with Crippen LogP contribution in [0.2, 0.25) is 0 Å². The Kier molecular flexibility index (Phi) is 3.62. The minimum atomic E-state index is -0.975. The zero-order valence-electron chi connectivity index (χ0n) is 7.40. The summed E-state index contributed by atoms with van der Waals surface area (Å²) in [7, 11) is 0. The van der Waals surface area contributed by atoms with Crippen LogP contribution in [0.15, 0.2) is 22.7 Å². The van der Waals surface area contributed by atoms with Crippen LogP contribution in [-0.2, 0) is 0 Å². The van der Waals surface area contributed by atoms with Gasteiger partial charge in [-0.1, -0.05) is 15.9 Å². The second-order valence-electron chi connectivity index (χ2n) is 2.92. The van der Waals surface area contributed by atoms with E-state index < -0.39 is 5.97 Å². The Morgan fingerprint density at radius 2 is 2.14 bits per heavy atom. The van der Waals surface area contributed by atoms with E-state index in [2.05, 4.69) is 15.9 Å². The van der Waals surface area contributed by atoms with Crippen molar-refractivity contribution < 1.29 is 9.90 Å². The van der Waals surface area contributed by atoms with Gasteiger partial charge in [0.2, 0.25) is 0 Å². The van der Waals surface area contributed by atoms with Gasteiger partial charge >= 0.3 is 5.97 Å². The Morgan fingerprint density at radius 3 is 2.64 bits per heavy atom. The highest BCUT2D eigenvalue weighted by molar-refractivity contribution is 9.10. The molecule has 0 spiro atoms. The number of aromatic carboxylic acids is 1. The van der Waals surface area contributed by atoms with Crippen molar-refractivity contribution in [1.29, 1.82) is 0 Å². The second kappa shape index (κ2) is 4.54. The third kappa shape index (κ3) is 2.54. The largest absolute Gasteiger partial charge is 0.478 e. The topological polar surface area (TPSA) is 89.3 Å². The number of carboxylic acid groups (broad SMARTS) is 1. The number of benzene rings is 1. The van der Waals surface area contributed by atoms with Gasteiger partial charge < -0.3 is 16.6 Å². The standard InChI is InChI=1S/C9H11BrN2O2/c10-7-2-5(8(12)4-11)1-6(3-7)9(13)14/h1-3,8H,4,11-12H2,(H,13,14). The molecule has 5 heteroatoms. The third-order valence-corrected chi connectivity index (χ3v) is 2.31. The molecule has 0 saturated carbocycles. The molecule has 4 nitrogen and oxygen atoms in total. The molecule has 1 aromatic rings. The Bertz CT molecular complexity index is 355. The normalized spacial score (nSPS) is 12.5. The summed E-state index contributed by atoms with van der Waals surface area (Å²) < 4.78 is 0.691. The Labute approximate surface area is 90.0 Å². The fourth-order valence-electron chi connectivity index (χ4n) is 1.09. The number of hydrogen-bond acceptors (Lipinski definition) is 3. The van der Waals surface area contributed by atoms with E-state index in [0.29, 0.717) is 4.47 Å². The SMILES string of the molecule is NCC(N)c1cc(Br)cc(C(=O)O)c1. The van der Waals surface area contributed by atoms with Crippen molar-refractivity contribution in [3.63, 3.8) is 0 Å². The number of hydrogen-bond donors (Lipinski definition) is 3. The Hall–Kier alpha value is -0.910. The van der Waals surface area contributed by atoms with Crippen molar-refractivity contribution in [2.75, 3.05) is 6.54 Å². The molecular weight excluding hydrogens is 248 g/mol. The van der Waals surface area contributed by atoms with Gasteiger partial charge in [-0.15, -0.1) is 0 Å². The van der Waals surface area contributed by atoms with Crippen LogP contribution in [0.5, 0.6) is 0 Å². The number of halogens is 1. The van der Waals surface area contributed by atoms with E-state index in [0.717, 1.165) is 5.56 Å². The van der Waals surface area contributed by atoms with Crippen molar-refractivity contribution in [2.45, 2.75) is 6.04 Å². The van der Waals surface area contributed by atoms with E-state index >= 15 is 0 Å². The monoisotopic (exact) mass is 258 g/mol. The zero-order chi connectivity index (χ0) is 10.7. The van der Waals surface area contributed by atoms with Crippen LogP contribution in [0, 0.1) is 0 Å². The molecule has 5 N–H and O–H groups in total. The lowest BCUT2D eigenvalue weighted by atomic mass is 10.0. The van der Waals surface area contributed by atoms with Gasteiger partial charge in [-0.2, -0.15) is 0 Å². The van der Waals surface area contributed by atoms with E-state index in [9.17, 15) is 4.79 Å². The van der Waals surface area contributed by atoms with Gasteiger partial charge in [-0.05, 0) is 23.8 Å². The van der Waals surface area contributed by atoms with Gasteiger partial charge in [0.15, 0.2) is 0 Å².